The molecule has 0 spiro atoms. The van der Waals surface area contributed by atoms with E-state index in [1.165, 1.54) is 24.5 Å². The first-order chi connectivity index (χ1) is 13.5. The zero-order valence-electron chi connectivity index (χ0n) is 14.6. The summed E-state index contributed by atoms with van der Waals surface area (Å²) in [5, 5.41) is 7.94. The summed E-state index contributed by atoms with van der Waals surface area (Å²) in [5.41, 5.74) is 0.793. The Morgan fingerprint density at radius 3 is 2.57 bits per heavy atom. The minimum absolute atomic E-state index is 0.0126. The fraction of sp³-hybridized carbons (Fsp3) is 0.0500. The topological polar surface area (TPSA) is 83.4 Å². The van der Waals surface area contributed by atoms with Crippen LogP contribution in [0.25, 0.3) is 0 Å². The Morgan fingerprint density at radius 2 is 1.82 bits per heavy atom. The van der Waals surface area contributed by atoms with Crippen molar-refractivity contribution in [2.75, 3.05) is 5.32 Å². The van der Waals surface area contributed by atoms with E-state index < -0.39 is 11.7 Å². The first-order valence-corrected chi connectivity index (χ1v) is 8.71. The second-order valence-electron chi connectivity index (χ2n) is 5.73. The number of hydrogen-bond acceptors (Lipinski definition) is 4. The molecule has 0 aliphatic carbocycles. The lowest BCUT2D eigenvalue weighted by molar-refractivity contribution is 0.0945. The van der Waals surface area contributed by atoms with E-state index in [4.69, 9.17) is 16.6 Å². The van der Waals surface area contributed by atoms with Crippen LogP contribution in [0.2, 0.25) is 0 Å². The third-order valence-corrected chi connectivity index (χ3v) is 3.94. The molecule has 0 saturated heterocycles. The van der Waals surface area contributed by atoms with Gasteiger partial charge in [0.25, 0.3) is 11.8 Å². The Morgan fingerprint density at radius 1 is 1.00 bits per heavy atom. The molecular formula is C20H16FN3O3S. The van der Waals surface area contributed by atoms with Gasteiger partial charge in [-0.2, -0.15) is 0 Å². The Balaban J connectivity index is 1.59. The van der Waals surface area contributed by atoms with Crippen LogP contribution < -0.4 is 16.0 Å². The first-order valence-electron chi connectivity index (χ1n) is 8.30. The van der Waals surface area contributed by atoms with Gasteiger partial charge in [0.05, 0.1) is 18.4 Å². The summed E-state index contributed by atoms with van der Waals surface area (Å²) < 4.78 is 18.8. The molecule has 2 aromatic carbocycles. The zero-order chi connectivity index (χ0) is 19.9. The molecule has 0 fully saturated rings. The maximum atomic E-state index is 13.7. The lowest BCUT2D eigenvalue weighted by Gasteiger charge is -2.11. The standard InChI is InChI=1S/C20H16FN3O3S/c21-17-9-2-1-8-16(17)19(26)24-20(28)23-14-6-3-5-13(11-14)18(25)22-12-15-7-4-10-27-15/h1-11H,12H2,(H,22,25)(H2,23,24,26,28). The van der Waals surface area contributed by atoms with Crippen molar-refractivity contribution in [1.29, 1.82) is 0 Å². The van der Waals surface area contributed by atoms with E-state index >= 15 is 0 Å². The average molecular weight is 397 g/mol. The van der Waals surface area contributed by atoms with Crippen molar-refractivity contribution in [2.45, 2.75) is 6.54 Å². The highest BCUT2D eigenvalue weighted by molar-refractivity contribution is 7.80. The van der Waals surface area contributed by atoms with E-state index in [9.17, 15) is 14.0 Å². The Bertz CT molecular complexity index is 1010. The van der Waals surface area contributed by atoms with Crippen LogP contribution >= 0.6 is 12.2 Å². The third-order valence-electron chi connectivity index (χ3n) is 3.73. The van der Waals surface area contributed by atoms with E-state index in [1.54, 1.807) is 42.5 Å². The number of anilines is 1. The molecule has 28 heavy (non-hydrogen) atoms. The molecule has 0 unspecified atom stereocenters. The van der Waals surface area contributed by atoms with Crippen molar-refractivity contribution in [3.05, 3.63) is 89.6 Å². The molecule has 3 N–H and O–H groups in total. The lowest BCUT2D eigenvalue weighted by atomic mass is 10.2. The minimum Gasteiger partial charge on any atom is -0.467 e. The van der Waals surface area contributed by atoms with Gasteiger partial charge in [-0.05, 0) is 54.7 Å². The van der Waals surface area contributed by atoms with Crippen LogP contribution in [0.15, 0.2) is 71.3 Å². The van der Waals surface area contributed by atoms with Crippen LogP contribution in [0, 0.1) is 5.82 Å². The van der Waals surface area contributed by atoms with Crippen molar-refractivity contribution in [1.82, 2.24) is 10.6 Å². The smallest absolute Gasteiger partial charge is 0.260 e. The molecule has 3 aromatic rings. The fourth-order valence-corrected chi connectivity index (χ4v) is 2.61. The fourth-order valence-electron chi connectivity index (χ4n) is 2.40. The molecular weight excluding hydrogens is 381 g/mol. The molecule has 3 rings (SSSR count). The largest absolute Gasteiger partial charge is 0.467 e. The SMILES string of the molecule is O=C(NCc1ccco1)c1cccc(NC(=S)NC(=O)c2ccccc2F)c1. The van der Waals surface area contributed by atoms with Crippen LogP contribution in [-0.2, 0) is 6.54 Å². The molecule has 0 bridgehead atoms. The van der Waals surface area contributed by atoms with Gasteiger partial charge in [0.15, 0.2) is 5.11 Å². The van der Waals surface area contributed by atoms with Crippen LogP contribution in [0.5, 0.6) is 0 Å². The van der Waals surface area contributed by atoms with Gasteiger partial charge in [0.1, 0.15) is 11.6 Å². The molecule has 1 heterocycles. The molecule has 6 nitrogen and oxygen atoms in total. The molecule has 0 aliphatic heterocycles. The molecule has 8 heteroatoms. The van der Waals surface area contributed by atoms with Crippen LogP contribution in [-0.4, -0.2) is 16.9 Å². The second kappa shape index (κ2) is 8.92. The number of furan rings is 1. The van der Waals surface area contributed by atoms with Gasteiger partial charge in [-0.25, -0.2) is 4.39 Å². The molecule has 142 valence electrons. The van der Waals surface area contributed by atoms with Crippen molar-refractivity contribution in [3.8, 4) is 0 Å². The predicted molar refractivity (Wildman–Crippen MR) is 106 cm³/mol. The van der Waals surface area contributed by atoms with Crippen LogP contribution in [0.1, 0.15) is 26.5 Å². The number of carbonyl (C=O) groups is 2. The highest BCUT2D eigenvalue weighted by Crippen LogP contribution is 2.12. The number of thiocarbonyl (C=S) groups is 1. The maximum absolute atomic E-state index is 13.7. The first kappa shape index (κ1) is 19.2. The lowest BCUT2D eigenvalue weighted by Crippen LogP contribution is -2.34. The van der Waals surface area contributed by atoms with Crippen LogP contribution in [0.3, 0.4) is 0 Å². The monoisotopic (exact) mass is 397 g/mol. The quantitative estimate of drug-likeness (QED) is 0.574. The summed E-state index contributed by atoms with van der Waals surface area (Å²) in [6.07, 6.45) is 1.53. The maximum Gasteiger partial charge on any atom is 0.260 e. The summed E-state index contributed by atoms with van der Waals surface area (Å²) in [6, 6.07) is 15.7. The van der Waals surface area contributed by atoms with Gasteiger partial charge >= 0.3 is 0 Å². The van der Waals surface area contributed by atoms with Gasteiger partial charge in [-0.1, -0.05) is 18.2 Å². The van der Waals surface area contributed by atoms with Crippen molar-refractivity contribution < 1.29 is 18.4 Å². The number of hydrogen-bond donors (Lipinski definition) is 3. The number of benzene rings is 2. The molecule has 1 aromatic heterocycles. The van der Waals surface area contributed by atoms with E-state index in [2.05, 4.69) is 16.0 Å². The normalized spacial score (nSPS) is 10.2. The molecule has 0 radical (unpaired) electrons. The van der Waals surface area contributed by atoms with Gasteiger partial charge in [0.2, 0.25) is 0 Å². The molecule has 0 saturated carbocycles. The number of rotatable bonds is 5. The molecule has 2 amide bonds. The average Bonchev–Trinajstić information content (AvgIpc) is 3.20. The minimum atomic E-state index is -0.664. The third kappa shape index (κ3) is 5.01. The van der Waals surface area contributed by atoms with Gasteiger partial charge in [-0.15, -0.1) is 0 Å². The van der Waals surface area contributed by atoms with E-state index in [0.29, 0.717) is 17.0 Å². The summed E-state index contributed by atoms with van der Waals surface area (Å²) in [7, 11) is 0. The molecule has 0 aliphatic rings. The predicted octanol–water partition coefficient (Wildman–Crippen LogP) is 3.48. The van der Waals surface area contributed by atoms with Crippen molar-refractivity contribution in [3.63, 3.8) is 0 Å². The number of amides is 2. The highest BCUT2D eigenvalue weighted by Gasteiger charge is 2.13. The summed E-state index contributed by atoms with van der Waals surface area (Å²) in [4.78, 5) is 24.3. The summed E-state index contributed by atoms with van der Waals surface area (Å²) in [5.74, 6) is -0.956. The highest BCUT2D eigenvalue weighted by atomic mass is 32.1. The van der Waals surface area contributed by atoms with Gasteiger partial charge in [0, 0.05) is 11.3 Å². The van der Waals surface area contributed by atoms with Gasteiger partial charge < -0.3 is 15.1 Å². The number of halogens is 1. The zero-order valence-corrected chi connectivity index (χ0v) is 15.4. The van der Waals surface area contributed by atoms with E-state index in [-0.39, 0.29) is 23.1 Å². The number of carbonyl (C=O) groups excluding carboxylic acids is 2. The summed E-state index contributed by atoms with van der Waals surface area (Å²) >= 11 is 5.09. The van der Waals surface area contributed by atoms with Gasteiger partial charge in [-0.3, -0.25) is 14.9 Å². The van der Waals surface area contributed by atoms with Crippen molar-refractivity contribution >= 4 is 34.8 Å². The second-order valence-corrected chi connectivity index (χ2v) is 6.14. The van der Waals surface area contributed by atoms with Crippen LogP contribution in [0.4, 0.5) is 10.1 Å². The number of nitrogens with one attached hydrogen (secondary N) is 3. The Hall–Kier alpha value is -3.52. The van der Waals surface area contributed by atoms with E-state index in [0.717, 1.165) is 0 Å². The Kier molecular flexibility index (Phi) is 6.13. The molecule has 0 atom stereocenters. The summed E-state index contributed by atoms with van der Waals surface area (Å²) in [6.45, 7) is 0.264. The van der Waals surface area contributed by atoms with E-state index in [1.807, 2.05) is 0 Å². The van der Waals surface area contributed by atoms with Crippen molar-refractivity contribution in [2.24, 2.45) is 0 Å². The Labute approximate surface area is 165 Å².